The lowest BCUT2D eigenvalue weighted by molar-refractivity contribution is 0.190. The van der Waals surface area contributed by atoms with Crippen molar-refractivity contribution in [3.05, 3.63) is 48.5 Å². The first-order valence-corrected chi connectivity index (χ1v) is 6.82. The third-order valence-electron chi connectivity index (χ3n) is 3.67. The van der Waals surface area contributed by atoms with Crippen molar-refractivity contribution in [1.29, 1.82) is 0 Å². The number of imidazole rings is 1. The zero-order chi connectivity index (χ0) is 14.4. The van der Waals surface area contributed by atoms with Gasteiger partial charge in [-0.3, -0.25) is 0 Å². The van der Waals surface area contributed by atoms with E-state index in [9.17, 15) is 5.11 Å². The molecule has 0 unspecified atom stereocenters. The number of aliphatic hydroxyl groups is 1. The molecule has 0 spiro atoms. The van der Waals surface area contributed by atoms with Crippen molar-refractivity contribution in [1.82, 2.24) is 19.9 Å². The van der Waals surface area contributed by atoms with E-state index in [4.69, 9.17) is 0 Å². The van der Waals surface area contributed by atoms with Gasteiger partial charge >= 0.3 is 0 Å². The van der Waals surface area contributed by atoms with E-state index >= 15 is 0 Å². The predicted molar refractivity (Wildman–Crippen MR) is 81.8 cm³/mol. The lowest BCUT2D eigenvalue weighted by Gasteiger charge is -2.03. The first-order chi connectivity index (χ1) is 10.2. The van der Waals surface area contributed by atoms with Crippen LogP contribution in [-0.4, -0.2) is 25.0 Å². The van der Waals surface area contributed by atoms with Crippen LogP contribution in [0.15, 0.2) is 42.7 Å². The molecule has 1 aromatic carbocycles. The van der Waals surface area contributed by atoms with Gasteiger partial charge < -0.3 is 15.1 Å². The summed E-state index contributed by atoms with van der Waals surface area (Å²) in [4.78, 5) is 15.0. The highest BCUT2D eigenvalue weighted by Gasteiger charge is 2.10. The Morgan fingerprint density at radius 2 is 2.10 bits per heavy atom. The molecular weight excluding hydrogens is 264 g/mol. The molecular formula is C16H14N4O. The molecule has 3 N–H and O–H groups in total. The summed E-state index contributed by atoms with van der Waals surface area (Å²) >= 11 is 0. The van der Waals surface area contributed by atoms with E-state index < -0.39 is 6.10 Å². The normalized spacial score (nSPS) is 13.0. The monoisotopic (exact) mass is 278 g/mol. The number of benzene rings is 1. The molecule has 0 saturated carbocycles. The van der Waals surface area contributed by atoms with Gasteiger partial charge in [-0.05, 0) is 42.3 Å². The van der Waals surface area contributed by atoms with Gasteiger partial charge in [0.1, 0.15) is 17.6 Å². The smallest absolute Gasteiger partial charge is 0.137 e. The van der Waals surface area contributed by atoms with Gasteiger partial charge in [0.15, 0.2) is 0 Å². The quantitative estimate of drug-likeness (QED) is 0.527. The maximum atomic E-state index is 9.62. The zero-order valence-corrected chi connectivity index (χ0v) is 11.5. The number of hydrogen-bond donors (Lipinski definition) is 3. The van der Waals surface area contributed by atoms with Crippen LogP contribution in [0.1, 0.15) is 18.9 Å². The summed E-state index contributed by atoms with van der Waals surface area (Å²) in [6, 6.07) is 10.1. The molecule has 5 heteroatoms. The predicted octanol–water partition coefficient (Wildman–Crippen LogP) is 3.16. The van der Waals surface area contributed by atoms with Crippen LogP contribution in [0, 0.1) is 0 Å². The second-order valence-electron chi connectivity index (χ2n) is 5.13. The lowest BCUT2D eigenvalue weighted by atomic mass is 10.0. The molecule has 3 aromatic heterocycles. The molecule has 0 aliphatic rings. The molecule has 4 aromatic rings. The Labute approximate surface area is 120 Å². The van der Waals surface area contributed by atoms with E-state index in [-0.39, 0.29) is 0 Å². The summed E-state index contributed by atoms with van der Waals surface area (Å²) in [5.41, 5.74) is 4.87. The van der Waals surface area contributed by atoms with Crippen molar-refractivity contribution >= 4 is 22.1 Å². The molecule has 1 atom stereocenters. The van der Waals surface area contributed by atoms with E-state index in [1.807, 2.05) is 30.5 Å². The van der Waals surface area contributed by atoms with Gasteiger partial charge in [0, 0.05) is 17.8 Å². The molecule has 21 heavy (non-hydrogen) atoms. The second kappa shape index (κ2) is 4.43. The molecule has 3 heterocycles. The van der Waals surface area contributed by atoms with Gasteiger partial charge in [0.2, 0.25) is 0 Å². The summed E-state index contributed by atoms with van der Waals surface area (Å²) in [7, 11) is 0. The van der Waals surface area contributed by atoms with Gasteiger partial charge in [-0.1, -0.05) is 6.07 Å². The summed E-state index contributed by atoms with van der Waals surface area (Å²) in [6.07, 6.45) is 3.09. The summed E-state index contributed by atoms with van der Waals surface area (Å²) in [5.74, 6) is 0.587. The lowest BCUT2D eigenvalue weighted by Crippen LogP contribution is -1.92. The molecule has 0 saturated heterocycles. The number of aromatic nitrogens is 4. The van der Waals surface area contributed by atoms with Crippen molar-refractivity contribution in [2.75, 3.05) is 0 Å². The third-order valence-corrected chi connectivity index (χ3v) is 3.67. The Morgan fingerprint density at radius 1 is 1.19 bits per heavy atom. The minimum Gasteiger partial charge on any atom is -0.385 e. The molecule has 0 fully saturated rings. The molecule has 0 aliphatic heterocycles. The number of fused-ring (bicyclic) bond motifs is 2. The van der Waals surface area contributed by atoms with Crippen molar-refractivity contribution < 1.29 is 5.11 Å². The standard InChI is InChI=1S/C16H14N4O/c1-9(21)15-19-13-3-2-10(8-14(13)20-15)11-4-6-17-16-12(11)5-7-18-16/h2-9,21H,1H3,(H,17,18)(H,19,20)/t9-/m1/s1. The Kier molecular flexibility index (Phi) is 2.55. The average Bonchev–Trinajstić information content (AvgIpc) is 3.12. The fraction of sp³-hybridized carbons (Fsp3) is 0.125. The van der Waals surface area contributed by atoms with Crippen LogP contribution >= 0.6 is 0 Å². The summed E-state index contributed by atoms with van der Waals surface area (Å²) in [6.45, 7) is 1.70. The first kappa shape index (κ1) is 12.1. The number of aromatic amines is 2. The van der Waals surface area contributed by atoms with Gasteiger partial charge in [-0.25, -0.2) is 9.97 Å². The first-order valence-electron chi connectivity index (χ1n) is 6.82. The topological polar surface area (TPSA) is 77.6 Å². The highest BCUT2D eigenvalue weighted by atomic mass is 16.3. The summed E-state index contributed by atoms with van der Waals surface area (Å²) in [5, 5.41) is 10.7. The molecule has 0 radical (unpaired) electrons. The van der Waals surface area contributed by atoms with E-state index in [0.717, 1.165) is 33.2 Å². The van der Waals surface area contributed by atoms with Crippen LogP contribution in [0.25, 0.3) is 33.2 Å². The van der Waals surface area contributed by atoms with E-state index in [2.05, 4.69) is 26.0 Å². The number of H-pyrrole nitrogens is 2. The average molecular weight is 278 g/mol. The number of rotatable bonds is 2. The molecule has 0 bridgehead atoms. The number of nitrogens with one attached hydrogen (secondary N) is 2. The minimum atomic E-state index is -0.599. The molecule has 0 amide bonds. The largest absolute Gasteiger partial charge is 0.385 e. The van der Waals surface area contributed by atoms with Gasteiger partial charge in [0.25, 0.3) is 0 Å². The molecule has 104 valence electrons. The highest BCUT2D eigenvalue weighted by molar-refractivity contribution is 5.95. The third kappa shape index (κ3) is 1.90. The van der Waals surface area contributed by atoms with E-state index in [1.54, 1.807) is 13.1 Å². The maximum absolute atomic E-state index is 9.62. The van der Waals surface area contributed by atoms with Crippen molar-refractivity contribution in [2.45, 2.75) is 13.0 Å². The van der Waals surface area contributed by atoms with E-state index in [0.29, 0.717) is 5.82 Å². The van der Waals surface area contributed by atoms with Crippen LogP contribution in [0.3, 0.4) is 0 Å². The zero-order valence-electron chi connectivity index (χ0n) is 11.5. The van der Waals surface area contributed by atoms with E-state index in [1.165, 1.54) is 0 Å². The number of hydrogen-bond acceptors (Lipinski definition) is 3. The SMILES string of the molecule is C[C@@H](O)c1nc2ccc(-c3ccnc4[nH]ccc34)cc2[nH]1. The Bertz CT molecular complexity index is 936. The molecule has 0 aliphatic carbocycles. The van der Waals surface area contributed by atoms with Crippen LogP contribution in [0.5, 0.6) is 0 Å². The van der Waals surface area contributed by atoms with Crippen LogP contribution in [-0.2, 0) is 0 Å². The van der Waals surface area contributed by atoms with Gasteiger partial charge in [0.05, 0.1) is 11.0 Å². The van der Waals surface area contributed by atoms with Gasteiger partial charge in [-0.2, -0.15) is 0 Å². The highest BCUT2D eigenvalue weighted by Crippen LogP contribution is 2.29. The van der Waals surface area contributed by atoms with Crippen LogP contribution in [0.2, 0.25) is 0 Å². The van der Waals surface area contributed by atoms with Crippen molar-refractivity contribution in [3.63, 3.8) is 0 Å². The number of nitrogens with zero attached hydrogens (tertiary/aromatic N) is 2. The second-order valence-corrected chi connectivity index (χ2v) is 5.13. The Hall–Kier alpha value is -2.66. The number of aliphatic hydroxyl groups excluding tert-OH is 1. The minimum absolute atomic E-state index is 0.587. The number of pyridine rings is 1. The Morgan fingerprint density at radius 3 is 2.95 bits per heavy atom. The Balaban J connectivity index is 1.92. The molecule has 4 rings (SSSR count). The van der Waals surface area contributed by atoms with Gasteiger partial charge in [-0.15, -0.1) is 0 Å². The maximum Gasteiger partial charge on any atom is 0.137 e. The summed E-state index contributed by atoms with van der Waals surface area (Å²) < 4.78 is 0. The van der Waals surface area contributed by atoms with Crippen LogP contribution < -0.4 is 0 Å². The fourth-order valence-electron chi connectivity index (χ4n) is 2.61. The fourth-order valence-corrected chi connectivity index (χ4v) is 2.61. The van der Waals surface area contributed by atoms with Crippen molar-refractivity contribution in [3.8, 4) is 11.1 Å². The molecule has 5 nitrogen and oxygen atoms in total. The van der Waals surface area contributed by atoms with Crippen LogP contribution in [0.4, 0.5) is 0 Å². The van der Waals surface area contributed by atoms with Crippen molar-refractivity contribution in [2.24, 2.45) is 0 Å².